The van der Waals surface area contributed by atoms with Crippen LogP contribution in [-0.4, -0.2) is 43.8 Å². The minimum Gasteiger partial charge on any atom is -0.371 e. The number of rotatable bonds is 3. The van der Waals surface area contributed by atoms with Gasteiger partial charge in [0, 0.05) is 19.6 Å². The highest BCUT2D eigenvalue weighted by molar-refractivity contribution is 4.78. The molecule has 0 bridgehead atoms. The second kappa shape index (κ2) is 3.32. The molecule has 0 saturated carbocycles. The summed E-state index contributed by atoms with van der Waals surface area (Å²) in [7, 11) is 2.09. The number of likely N-dealkylation sites (tertiary alicyclic amines) is 1. The topological polar surface area (TPSA) is 38.5 Å². The molecule has 10 heavy (non-hydrogen) atoms. The van der Waals surface area contributed by atoms with Gasteiger partial charge in [0.25, 0.3) is 0 Å². The first-order valence-electron chi connectivity index (χ1n) is 3.76. The molecule has 3 heteroatoms. The fraction of sp³-hybridized carbons (Fsp3) is 1.00. The van der Waals surface area contributed by atoms with Gasteiger partial charge in [0.15, 0.2) is 0 Å². The molecule has 2 N–H and O–H groups in total. The molecular formula is C7H16N2O. The second-order valence-corrected chi connectivity index (χ2v) is 3.03. The van der Waals surface area contributed by atoms with Crippen LogP contribution in [0.3, 0.4) is 0 Å². The van der Waals surface area contributed by atoms with Crippen molar-refractivity contribution in [1.82, 2.24) is 4.90 Å². The van der Waals surface area contributed by atoms with Crippen molar-refractivity contribution in [3.05, 3.63) is 0 Å². The highest BCUT2D eigenvalue weighted by atomic mass is 16.5. The van der Waals surface area contributed by atoms with Gasteiger partial charge in [-0.15, -0.1) is 0 Å². The quantitative estimate of drug-likeness (QED) is 0.589. The molecule has 1 saturated heterocycles. The average molecular weight is 144 g/mol. The third-order valence-corrected chi connectivity index (χ3v) is 1.79. The maximum Gasteiger partial charge on any atom is 0.0832 e. The van der Waals surface area contributed by atoms with Gasteiger partial charge in [0.2, 0.25) is 0 Å². The van der Waals surface area contributed by atoms with Gasteiger partial charge in [0.1, 0.15) is 0 Å². The van der Waals surface area contributed by atoms with E-state index in [0.29, 0.717) is 12.6 Å². The van der Waals surface area contributed by atoms with Gasteiger partial charge in [-0.1, -0.05) is 0 Å². The van der Waals surface area contributed by atoms with Crippen LogP contribution in [0, 0.1) is 0 Å². The molecule has 0 spiro atoms. The standard InChI is InChI=1S/C7H16N2O/c1-6(3-8)10-7-4-9(2)5-7/h6-7H,3-5,8H2,1-2H3. The molecule has 0 aromatic heterocycles. The highest BCUT2D eigenvalue weighted by Crippen LogP contribution is 2.09. The Bertz CT molecular complexity index is 102. The van der Waals surface area contributed by atoms with Gasteiger partial charge in [-0.3, -0.25) is 0 Å². The Morgan fingerprint density at radius 3 is 2.70 bits per heavy atom. The summed E-state index contributed by atoms with van der Waals surface area (Å²) >= 11 is 0. The molecular weight excluding hydrogens is 128 g/mol. The zero-order chi connectivity index (χ0) is 7.56. The van der Waals surface area contributed by atoms with Gasteiger partial charge in [0.05, 0.1) is 12.2 Å². The zero-order valence-corrected chi connectivity index (χ0v) is 6.71. The molecule has 60 valence electrons. The Labute approximate surface area is 62.1 Å². The SMILES string of the molecule is CC(CN)OC1CN(C)C1. The molecule has 0 aliphatic carbocycles. The van der Waals surface area contributed by atoms with Crippen molar-refractivity contribution >= 4 is 0 Å². The van der Waals surface area contributed by atoms with E-state index in [9.17, 15) is 0 Å². The summed E-state index contributed by atoms with van der Waals surface area (Å²) in [6.45, 7) is 4.76. The molecule has 1 rings (SSSR count). The summed E-state index contributed by atoms with van der Waals surface area (Å²) in [5.74, 6) is 0. The van der Waals surface area contributed by atoms with E-state index in [0.717, 1.165) is 13.1 Å². The fourth-order valence-corrected chi connectivity index (χ4v) is 1.11. The van der Waals surface area contributed by atoms with Crippen LogP contribution in [0.5, 0.6) is 0 Å². The van der Waals surface area contributed by atoms with Gasteiger partial charge in [-0.05, 0) is 14.0 Å². The van der Waals surface area contributed by atoms with E-state index in [2.05, 4.69) is 11.9 Å². The largest absolute Gasteiger partial charge is 0.371 e. The average Bonchev–Trinajstić information content (AvgIpc) is 1.84. The van der Waals surface area contributed by atoms with E-state index in [1.807, 2.05) is 6.92 Å². The molecule has 0 radical (unpaired) electrons. The Kier molecular flexibility index (Phi) is 2.65. The Morgan fingerprint density at radius 2 is 2.30 bits per heavy atom. The summed E-state index contributed by atoms with van der Waals surface area (Å²) in [5.41, 5.74) is 5.40. The van der Waals surface area contributed by atoms with Crippen LogP contribution in [-0.2, 0) is 4.74 Å². The predicted octanol–water partition coefficient (Wildman–Crippen LogP) is -0.336. The van der Waals surface area contributed by atoms with Crippen molar-refractivity contribution in [3.8, 4) is 0 Å². The lowest BCUT2D eigenvalue weighted by Crippen LogP contribution is -2.51. The number of nitrogens with two attached hydrogens (primary N) is 1. The first-order valence-corrected chi connectivity index (χ1v) is 3.76. The van der Waals surface area contributed by atoms with Crippen LogP contribution in [0.15, 0.2) is 0 Å². The molecule has 1 heterocycles. The normalized spacial score (nSPS) is 24.3. The van der Waals surface area contributed by atoms with Gasteiger partial charge < -0.3 is 15.4 Å². The lowest BCUT2D eigenvalue weighted by Gasteiger charge is -2.37. The van der Waals surface area contributed by atoms with E-state index in [-0.39, 0.29) is 6.10 Å². The van der Waals surface area contributed by atoms with Gasteiger partial charge in [-0.25, -0.2) is 0 Å². The van der Waals surface area contributed by atoms with E-state index in [4.69, 9.17) is 10.5 Å². The lowest BCUT2D eigenvalue weighted by molar-refractivity contribution is -0.0741. The van der Waals surface area contributed by atoms with Crippen LogP contribution in [0.2, 0.25) is 0 Å². The van der Waals surface area contributed by atoms with E-state index in [1.54, 1.807) is 0 Å². The zero-order valence-electron chi connectivity index (χ0n) is 6.71. The summed E-state index contributed by atoms with van der Waals surface area (Å²) in [5, 5.41) is 0. The van der Waals surface area contributed by atoms with Gasteiger partial charge in [-0.2, -0.15) is 0 Å². The molecule has 1 atom stereocenters. The Hall–Kier alpha value is -0.120. The second-order valence-electron chi connectivity index (χ2n) is 3.03. The van der Waals surface area contributed by atoms with Crippen LogP contribution in [0.25, 0.3) is 0 Å². The highest BCUT2D eigenvalue weighted by Gasteiger charge is 2.24. The van der Waals surface area contributed by atoms with Crippen LogP contribution < -0.4 is 5.73 Å². The van der Waals surface area contributed by atoms with Crippen molar-refractivity contribution in [2.45, 2.75) is 19.1 Å². The maximum atomic E-state index is 5.54. The summed E-state index contributed by atoms with van der Waals surface area (Å²) in [4.78, 5) is 2.23. The van der Waals surface area contributed by atoms with Crippen LogP contribution >= 0.6 is 0 Å². The van der Waals surface area contributed by atoms with E-state index < -0.39 is 0 Å². The number of likely N-dealkylation sites (N-methyl/N-ethyl adjacent to an activating group) is 1. The number of ether oxygens (including phenoxy) is 1. The van der Waals surface area contributed by atoms with Crippen molar-refractivity contribution < 1.29 is 4.74 Å². The molecule has 1 unspecified atom stereocenters. The first-order chi connectivity index (χ1) is 4.72. The maximum absolute atomic E-state index is 5.54. The number of nitrogens with zero attached hydrogens (tertiary/aromatic N) is 1. The summed E-state index contributed by atoms with van der Waals surface area (Å²) < 4.78 is 5.54. The minimum atomic E-state index is 0.221. The summed E-state index contributed by atoms with van der Waals surface area (Å²) in [6.07, 6.45) is 0.655. The molecule has 1 aliphatic rings. The van der Waals surface area contributed by atoms with Crippen molar-refractivity contribution in [2.24, 2.45) is 5.73 Å². The Balaban J connectivity index is 2.04. The summed E-state index contributed by atoms with van der Waals surface area (Å²) in [6, 6.07) is 0. The van der Waals surface area contributed by atoms with Crippen molar-refractivity contribution in [2.75, 3.05) is 26.7 Å². The van der Waals surface area contributed by atoms with Crippen LogP contribution in [0.1, 0.15) is 6.92 Å². The van der Waals surface area contributed by atoms with Gasteiger partial charge >= 0.3 is 0 Å². The lowest BCUT2D eigenvalue weighted by atomic mass is 10.2. The predicted molar refractivity (Wildman–Crippen MR) is 40.9 cm³/mol. The number of hydrogen-bond acceptors (Lipinski definition) is 3. The third kappa shape index (κ3) is 1.94. The van der Waals surface area contributed by atoms with Crippen molar-refractivity contribution in [1.29, 1.82) is 0 Å². The molecule has 0 aromatic rings. The molecule has 0 amide bonds. The molecule has 0 aromatic carbocycles. The van der Waals surface area contributed by atoms with E-state index in [1.165, 1.54) is 0 Å². The molecule has 3 nitrogen and oxygen atoms in total. The Morgan fingerprint density at radius 1 is 1.70 bits per heavy atom. The number of hydrogen-bond donors (Lipinski definition) is 1. The molecule has 1 aliphatic heterocycles. The smallest absolute Gasteiger partial charge is 0.0832 e. The minimum absolute atomic E-state index is 0.221. The van der Waals surface area contributed by atoms with E-state index >= 15 is 0 Å². The van der Waals surface area contributed by atoms with Crippen molar-refractivity contribution in [3.63, 3.8) is 0 Å². The first kappa shape index (κ1) is 7.98. The monoisotopic (exact) mass is 144 g/mol. The van der Waals surface area contributed by atoms with Crippen LogP contribution in [0.4, 0.5) is 0 Å². The fourth-order valence-electron chi connectivity index (χ4n) is 1.11. The molecule has 1 fully saturated rings. The third-order valence-electron chi connectivity index (χ3n) is 1.79.